The highest BCUT2D eigenvalue weighted by Crippen LogP contribution is 2.24. The topological polar surface area (TPSA) is 57.7 Å². The number of urea groups is 1. The van der Waals surface area contributed by atoms with E-state index in [4.69, 9.17) is 4.74 Å². The van der Waals surface area contributed by atoms with Gasteiger partial charge in [-0.2, -0.15) is 0 Å². The Morgan fingerprint density at radius 1 is 1.32 bits per heavy atom. The van der Waals surface area contributed by atoms with Gasteiger partial charge in [-0.25, -0.2) is 9.78 Å². The van der Waals surface area contributed by atoms with Crippen LogP contribution in [0.1, 0.15) is 18.1 Å². The molecule has 2 amide bonds. The number of hydrogen-bond acceptors (Lipinski definition) is 4. The highest BCUT2D eigenvalue weighted by Gasteiger charge is 2.25. The van der Waals surface area contributed by atoms with Crippen molar-refractivity contribution >= 4 is 11.8 Å². The number of hydrogen-bond donors (Lipinski definition) is 1. The number of anilines is 1. The molecule has 0 aliphatic carbocycles. The maximum Gasteiger partial charge on any atom is 0.318 e. The maximum absolute atomic E-state index is 12.8. The van der Waals surface area contributed by atoms with Gasteiger partial charge in [-0.3, -0.25) is 0 Å². The van der Waals surface area contributed by atoms with Gasteiger partial charge in [0.2, 0.25) is 0 Å². The zero-order valence-electron chi connectivity index (χ0n) is 14.9. The fourth-order valence-electron chi connectivity index (χ4n) is 2.93. The molecule has 3 rings (SSSR count). The van der Waals surface area contributed by atoms with E-state index >= 15 is 0 Å². The molecule has 2 aromatic rings. The van der Waals surface area contributed by atoms with Gasteiger partial charge in [0.25, 0.3) is 0 Å². The summed E-state index contributed by atoms with van der Waals surface area (Å²) in [5, 5.41) is 3.02. The van der Waals surface area contributed by atoms with Crippen LogP contribution in [0.15, 0.2) is 42.6 Å². The van der Waals surface area contributed by atoms with Gasteiger partial charge in [0.1, 0.15) is 18.2 Å². The lowest BCUT2D eigenvalue weighted by Crippen LogP contribution is -2.45. The van der Waals surface area contributed by atoms with Crippen molar-refractivity contribution in [1.29, 1.82) is 0 Å². The van der Waals surface area contributed by atoms with Crippen LogP contribution in [0.3, 0.4) is 0 Å². The van der Waals surface area contributed by atoms with Gasteiger partial charge >= 0.3 is 6.03 Å². The molecule has 2 heterocycles. The number of ether oxygens (including phenoxy) is 1. The average molecular weight is 340 g/mol. The molecule has 132 valence electrons. The first-order valence-electron chi connectivity index (χ1n) is 8.42. The minimum absolute atomic E-state index is 0.00498. The highest BCUT2D eigenvalue weighted by molar-refractivity contribution is 5.75. The Balaban J connectivity index is 1.71. The van der Waals surface area contributed by atoms with E-state index in [-0.39, 0.29) is 12.1 Å². The smallest absolute Gasteiger partial charge is 0.318 e. The summed E-state index contributed by atoms with van der Waals surface area (Å²) < 4.78 is 5.82. The molecule has 1 N–H and O–H groups in total. The van der Waals surface area contributed by atoms with E-state index in [1.54, 1.807) is 6.20 Å². The van der Waals surface area contributed by atoms with Crippen molar-refractivity contribution in [3.8, 4) is 5.75 Å². The Bertz CT molecular complexity index is 748. The van der Waals surface area contributed by atoms with Crippen molar-refractivity contribution < 1.29 is 9.53 Å². The minimum atomic E-state index is -0.0960. The van der Waals surface area contributed by atoms with Crippen molar-refractivity contribution in [2.24, 2.45) is 0 Å². The lowest BCUT2D eigenvalue weighted by molar-refractivity contribution is 0.156. The lowest BCUT2D eigenvalue weighted by atomic mass is 10.2. The Kier molecular flexibility index (Phi) is 5.07. The fraction of sp³-hybridized carbons (Fsp3) is 0.368. The number of aromatic nitrogens is 1. The van der Waals surface area contributed by atoms with Crippen molar-refractivity contribution in [1.82, 2.24) is 15.2 Å². The first-order valence-corrected chi connectivity index (χ1v) is 8.42. The summed E-state index contributed by atoms with van der Waals surface area (Å²) in [5.41, 5.74) is 2.01. The van der Waals surface area contributed by atoms with Crippen LogP contribution in [-0.2, 0) is 13.1 Å². The van der Waals surface area contributed by atoms with Gasteiger partial charge in [-0.15, -0.1) is 0 Å². The molecular formula is C19H24N4O2. The zero-order chi connectivity index (χ0) is 17.8. The first kappa shape index (κ1) is 17.1. The second-order valence-corrected chi connectivity index (χ2v) is 6.43. The quantitative estimate of drug-likeness (QED) is 0.933. The van der Waals surface area contributed by atoms with Gasteiger partial charge in [0, 0.05) is 38.0 Å². The number of nitrogens with one attached hydrogen (secondary N) is 1. The maximum atomic E-state index is 12.8. The summed E-state index contributed by atoms with van der Waals surface area (Å²) in [6.45, 7) is 3.46. The molecule has 0 saturated heterocycles. The second-order valence-electron chi connectivity index (χ2n) is 6.43. The lowest BCUT2D eigenvalue weighted by Gasteiger charge is -2.27. The van der Waals surface area contributed by atoms with Gasteiger partial charge in [-0.1, -0.05) is 24.3 Å². The van der Waals surface area contributed by atoms with E-state index in [1.165, 1.54) is 0 Å². The molecule has 0 bridgehead atoms. The molecule has 1 aromatic heterocycles. The van der Waals surface area contributed by atoms with Gasteiger partial charge < -0.3 is 19.9 Å². The number of carbonyl (C=O) groups is 1. The Hall–Kier alpha value is -2.76. The summed E-state index contributed by atoms with van der Waals surface area (Å²) >= 11 is 0. The Labute approximate surface area is 148 Å². The van der Waals surface area contributed by atoms with E-state index in [2.05, 4.69) is 10.3 Å². The molecule has 6 nitrogen and oxygen atoms in total. The number of nitrogens with zero attached hydrogens (tertiary/aromatic N) is 3. The number of carbonyl (C=O) groups excluding carboxylic acids is 1. The van der Waals surface area contributed by atoms with Gasteiger partial charge in [0.15, 0.2) is 0 Å². The summed E-state index contributed by atoms with van der Waals surface area (Å²) in [6.07, 6.45) is 1.76. The largest absolute Gasteiger partial charge is 0.491 e. The van der Waals surface area contributed by atoms with Crippen LogP contribution in [0.2, 0.25) is 0 Å². The van der Waals surface area contributed by atoms with E-state index in [1.807, 2.05) is 67.2 Å². The average Bonchev–Trinajstić information content (AvgIpc) is 2.79. The summed E-state index contributed by atoms with van der Waals surface area (Å²) in [5.74, 6) is 1.71. The molecule has 0 radical (unpaired) electrons. The number of benzene rings is 1. The van der Waals surface area contributed by atoms with Crippen molar-refractivity contribution in [3.05, 3.63) is 53.7 Å². The molecule has 1 atom stereocenters. The van der Waals surface area contributed by atoms with Crippen molar-refractivity contribution in [2.45, 2.75) is 26.1 Å². The molecule has 1 aliphatic heterocycles. The molecule has 25 heavy (non-hydrogen) atoms. The van der Waals surface area contributed by atoms with E-state index < -0.39 is 0 Å². The summed E-state index contributed by atoms with van der Waals surface area (Å²) in [4.78, 5) is 20.9. The van der Waals surface area contributed by atoms with Crippen LogP contribution >= 0.6 is 0 Å². The fourth-order valence-corrected chi connectivity index (χ4v) is 2.93. The monoisotopic (exact) mass is 340 g/mol. The standard InChI is InChI=1S/C19H24N4O2/c1-14-13-25-17-9-5-4-7-16(17)12-23(14)19(24)21-11-15-8-6-10-20-18(15)22(2)3/h4-10,14H,11-13H2,1-3H3,(H,21,24)/t14-/m1/s1. The van der Waals surface area contributed by atoms with Crippen LogP contribution < -0.4 is 15.0 Å². The number of pyridine rings is 1. The molecule has 0 spiro atoms. The molecule has 0 saturated carbocycles. The van der Waals surface area contributed by atoms with Gasteiger partial charge in [-0.05, 0) is 19.1 Å². The second kappa shape index (κ2) is 7.42. The first-order chi connectivity index (χ1) is 12.1. The molecule has 1 aromatic carbocycles. The highest BCUT2D eigenvalue weighted by atomic mass is 16.5. The minimum Gasteiger partial charge on any atom is -0.491 e. The third-order valence-corrected chi connectivity index (χ3v) is 4.31. The van der Waals surface area contributed by atoms with Crippen LogP contribution in [0, 0.1) is 0 Å². The summed E-state index contributed by atoms with van der Waals surface area (Å²) in [6, 6.07) is 11.6. The van der Waals surface area contributed by atoms with E-state index in [0.29, 0.717) is 19.7 Å². The third-order valence-electron chi connectivity index (χ3n) is 4.31. The normalized spacial score (nSPS) is 16.4. The van der Waals surface area contributed by atoms with Crippen LogP contribution in [0.5, 0.6) is 5.75 Å². The molecule has 0 unspecified atom stereocenters. The van der Waals surface area contributed by atoms with Gasteiger partial charge in [0.05, 0.1) is 12.6 Å². The SMILES string of the molecule is C[C@@H]1COc2ccccc2CN1C(=O)NCc1cccnc1N(C)C. The number of para-hydroxylation sites is 1. The molecule has 0 fully saturated rings. The van der Waals surface area contributed by atoms with Crippen LogP contribution in [0.25, 0.3) is 0 Å². The van der Waals surface area contributed by atoms with Crippen molar-refractivity contribution in [3.63, 3.8) is 0 Å². The third kappa shape index (κ3) is 3.84. The van der Waals surface area contributed by atoms with E-state index in [0.717, 1.165) is 22.7 Å². The molecular weight excluding hydrogens is 316 g/mol. The summed E-state index contributed by atoms with van der Waals surface area (Å²) in [7, 11) is 3.89. The number of amides is 2. The zero-order valence-corrected chi connectivity index (χ0v) is 14.9. The molecule has 6 heteroatoms. The van der Waals surface area contributed by atoms with Crippen molar-refractivity contribution in [2.75, 3.05) is 25.6 Å². The predicted octanol–water partition coefficient (Wildman–Crippen LogP) is 2.64. The van der Waals surface area contributed by atoms with Crippen LogP contribution in [-0.4, -0.2) is 42.7 Å². The van der Waals surface area contributed by atoms with Crippen LogP contribution in [0.4, 0.5) is 10.6 Å². The predicted molar refractivity (Wildman–Crippen MR) is 97.7 cm³/mol. The number of fused-ring (bicyclic) bond motifs is 1. The Morgan fingerprint density at radius 3 is 2.92 bits per heavy atom. The van der Waals surface area contributed by atoms with E-state index in [9.17, 15) is 4.79 Å². The Morgan fingerprint density at radius 2 is 2.12 bits per heavy atom. The number of rotatable bonds is 3. The molecule has 1 aliphatic rings.